The fourth-order valence-corrected chi connectivity index (χ4v) is 3.49. The molecular weight excluding hydrogens is 366 g/mol. The molecular formula is C28H27NO. The van der Waals surface area contributed by atoms with E-state index in [1.54, 1.807) is 0 Å². The van der Waals surface area contributed by atoms with E-state index in [1.165, 1.54) is 11.1 Å². The first kappa shape index (κ1) is 21.1. The molecule has 4 aromatic rings. The van der Waals surface area contributed by atoms with Crippen molar-refractivity contribution in [1.29, 1.82) is 0 Å². The molecule has 2 heteroatoms. The van der Waals surface area contributed by atoms with Gasteiger partial charge in [0.2, 0.25) is 5.91 Å². The van der Waals surface area contributed by atoms with Gasteiger partial charge < -0.3 is 5.73 Å². The molecule has 4 rings (SSSR count). The molecule has 2 N–H and O–H groups in total. The summed E-state index contributed by atoms with van der Waals surface area (Å²) in [5.41, 5.74) is 10.1. The lowest BCUT2D eigenvalue weighted by atomic mass is 9.91. The van der Waals surface area contributed by atoms with Crippen molar-refractivity contribution >= 4 is 5.91 Å². The Morgan fingerprint density at radius 1 is 0.533 bits per heavy atom. The van der Waals surface area contributed by atoms with Gasteiger partial charge in [-0.25, -0.2) is 0 Å². The van der Waals surface area contributed by atoms with E-state index in [9.17, 15) is 4.79 Å². The monoisotopic (exact) mass is 393 g/mol. The predicted molar refractivity (Wildman–Crippen MR) is 124 cm³/mol. The molecule has 0 aliphatic rings. The topological polar surface area (TPSA) is 43.1 Å². The van der Waals surface area contributed by atoms with E-state index < -0.39 is 0 Å². The highest BCUT2D eigenvalue weighted by Gasteiger charge is 2.19. The Morgan fingerprint density at radius 2 is 0.800 bits per heavy atom. The summed E-state index contributed by atoms with van der Waals surface area (Å²) in [4.78, 5) is 11.5. The van der Waals surface area contributed by atoms with Crippen molar-refractivity contribution in [3.63, 3.8) is 0 Å². The average Bonchev–Trinajstić information content (AvgIpc) is 2.81. The van der Waals surface area contributed by atoms with Gasteiger partial charge in [0.25, 0.3) is 0 Å². The molecule has 0 saturated heterocycles. The Morgan fingerprint density at radius 3 is 1.07 bits per heavy atom. The van der Waals surface area contributed by atoms with Crippen molar-refractivity contribution in [1.82, 2.24) is 0 Å². The Labute approximate surface area is 179 Å². The number of amides is 1. The summed E-state index contributed by atoms with van der Waals surface area (Å²) in [7, 11) is 0. The van der Waals surface area contributed by atoms with Crippen LogP contribution in [0.5, 0.6) is 0 Å². The second kappa shape index (κ2) is 10.8. The molecule has 0 spiro atoms. The summed E-state index contributed by atoms with van der Waals surface area (Å²) in [5.74, 6) is -0.197. The van der Waals surface area contributed by atoms with E-state index in [-0.39, 0.29) is 11.8 Å². The summed E-state index contributed by atoms with van der Waals surface area (Å²) in [5, 5.41) is 0. The zero-order chi connectivity index (χ0) is 21.2. The van der Waals surface area contributed by atoms with Crippen LogP contribution in [0, 0.1) is 0 Å². The van der Waals surface area contributed by atoms with Crippen molar-refractivity contribution in [2.24, 2.45) is 5.73 Å². The molecule has 1 amide bonds. The van der Waals surface area contributed by atoms with Crippen LogP contribution in [0.25, 0.3) is 0 Å². The van der Waals surface area contributed by atoms with E-state index in [4.69, 9.17) is 5.73 Å². The molecule has 0 radical (unpaired) electrons. The standard InChI is InChI=1S/C14H13NO.C14H14/c15-14(16)13(11-7-3-1-4-8-11)12-9-5-2-6-10-12;1-12(13-8-4-2-5-9-13)14-10-6-3-7-11-14/h1-10,13H,(H2,15,16);2-12H,1H3. The Balaban J connectivity index is 0.000000172. The highest BCUT2D eigenvalue weighted by Crippen LogP contribution is 2.24. The van der Waals surface area contributed by atoms with Gasteiger partial charge in [-0.3, -0.25) is 4.79 Å². The van der Waals surface area contributed by atoms with Gasteiger partial charge >= 0.3 is 0 Å². The number of hydrogen-bond donors (Lipinski definition) is 1. The molecule has 0 fully saturated rings. The van der Waals surface area contributed by atoms with Crippen LogP contribution < -0.4 is 5.73 Å². The zero-order valence-corrected chi connectivity index (χ0v) is 17.2. The molecule has 0 unspecified atom stereocenters. The van der Waals surface area contributed by atoms with Crippen molar-refractivity contribution < 1.29 is 4.79 Å². The summed E-state index contributed by atoms with van der Waals surface area (Å²) >= 11 is 0. The number of rotatable bonds is 5. The molecule has 0 aliphatic heterocycles. The first-order valence-electron chi connectivity index (χ1n) is 10.2. The largest absolute Gasteiger partial charge is 0.369 e. The molecule has 30 heavy (non-hydrogen) atoms. The number of hydrogen-bond acceptors (Lipinski definition) is 1. The predicted octanol–water partition coefficient (Wildman–Crippen LogP) is 6.14. The second-order valence-electron chi connectivity index (χ2n) is 7.20. The van der Waals surface area contributed by atoms with Crippen LogP contribution in [0.3, 0.4) is 0 Å². The lowest BCUT2D eigenvalue weighted by Crippen LogP contribution is -2.22. The van der Waals surface area contributed by atoms with Gasteiger partial charge in [-0.05, 0) is 22.3 Å². The maximum absolute atomic E-state index is 11.5. The van der Waals surface area contributed by atoms with E-state index in [0.29, 0.717) is 5.92 Å². The smallest absolute Gasteiger partial charge is 0.229 e. The Bertz CT molecular complexity index is 936. The normalized spacial score (nSPS) is 10.4. The fraction of sp³-hybridized carbons (Fsp3) is 0.107. The number of benzene rings is 4. The molecule has 2 nitrogen and oxygen atoms in total. The van der Waals surface area contributed by atoms with Crippen LogP contribution >= 0.6 is 0 Å². The summed E-state index contributed by atoms with van der Waals surface area (Å²) in [6.45, 7) is 2.24. The summed E-state index contributed by atoms with van der Waals surface area (Å²) < 4.78 is 0. The Hall–Kier alpha value is -3.65. The minimum atomic E-state index is -0.359. The van der Waals surface area contributed by atoms with Crippen LogP contribution in [0.15, 0.2) is 121 Å². The van der Waals surface area contributed by atoms with Crippen LogP contribution in [0.1, 0.15) is 41.0 Å². The van der Waals surface area contributed by atoms with E-state index in [0.717, 1.165) is 11.1 Å². The maximum atomic E-state index is 11.5. The minimum absolute atomic E-state index is 0.322. The number of primary amides is 1. The van der Waals surface area contributed by atoms with Crippen LogP contribution in [-0.4, -0.2) is 5.91 Å². The highest BCUT2D eigenvalue weighted by atomic mass is 16.1. The molecule has 0 aliphatic carbocycles. The van der Waals surface area contributed by atoms with Crippen LogP contribution in [0.4, 0.5) is 0 Å². The number of carbonyl (C=O) groups is 1. The van der Waals surface area contributed by atoms with Gasteiger partial charge in [0.15, 0.2) is 0 Å². The lowest BCUT2D eigenvalue weighted by molar-refractivity contribution is -0.118. The molecule has 150 valence electrons. The number of carbonyl (C=O) groups excluding carboxylic acids is 1. The van der Waals surface area contributed by atoms with E-state index in [2.05, 4.69) is 67.6 Å². The molecule has 0 bridgehead atoms. The molecule has 4 aromatic carbocycles. The second-order valence-corrected chi connectivity index (χ2v) is 7.20. The highest BCUT2D eigenvalue weighted by molar-refractivity contribution is 5.85. The summed E-state index contributed by atoms with van der Waals surface area (Å²) in [6.07, 6.45) is 0. The first-order chi connectivity index (χ1) is 14.7. The lowest BCUT2D eigenvalue weighted by Gasteiger charge is -2.13. The third-order valence-corrected chi connectivity index (χ3v) is 5.15. The van der Waals surface area contributed by atoms with Crippen molar-refractivity contribution in [3.05, 3.63) is 144 Å². The van der Waals surface area contributed by atoms with Gasteiger partial charge in [-0.15, -0.1) is 0 Å². The van der Waals surface area contributed by atoms with Gasteiger partial charge in [-0.2, -0.15) is 0 Å². The quantitative estimate of drug-likeness (QED) is 0.435. The SMILES string of the molecule is CC(c1ccccc1)c1ccccc1.NC(=O)C(c1ccccc1)c1ccccc1. The molecule has 0 aromatic heterocycles. The van der Waals surface area contributed by atoms with E-state index >= 15 is 0 Å². The van der Waals surface area contributed by atoms with Gasteiger partial charge in [0.05, 0.1) is 5.92 Å². The van der Waals surface area contributed by atoms with Crippen LogP contribution in [-0.2, 0) is 4.79 Å². The number of nitrogens with two attached hydrogens (primary N) is 1. The van der Waals surface area contributed by atoms with E-state index in [1.807, 2.05) is 60.7 Å². The van der Waals surface area contributed by atoms with Crippen molar-refractivity contribution in [3.8, 4) is 0 Å². The van der Waals surface area contributed by atoms with Gasteiger partial charge in [0.1, 0.15) is 0 Å². The maximum Gasteiger partial charge on any atom is 0.229 e. The minimum Gasteiger partial charge on any atom is -0.369 e. The van der Waals surface area contributed by atoms with Gasteiger partial charge in [-0.1, -0.05) is 128 Å². The third kappa shape index (κ3) is 5.68. The summed E-state index contributed by atoms with van der Waals surface area (Å²) in [6, 6.07) is 40.4. The Kier molecular flexibility index (Phi) is 7.57. The van der Waals surface area contributed by atoms with Gasteiger partial charge in [0, 0.05) is 5.92 Å². The fourth-order valence-electron chi connectivity index (χ4n) is 3.49. The van der Waals surface area contributed by atoms with Crippen LogP contribution in [0.2, 0.25) is 0 Å². The molecule has 0 saturated carbocycles. The van der Waals surface area contributed by atoms with Crippen molar-refractivity contribution in [2.75, 3.05) is 0 Å². The molecule has 0 heterocycles. The van der Waals surface area contributed by atoms with Crippen molar-refractivity contribution in [2.45, 2.75) is 18.8 Å². The zero-order valence-electron chi connectivity index (χ0n) is 17.2. The average molecular weight is 394 g/mol. The molecule has 0 atom stereocenters. The first-order valence-corrected chi connectivity index (χ1v) is 10.2. The third-order valence-electron chi connectivity index (χ3n) is 5.15.